The van der Waals surface area contributed by atoms with Crippen molar-refractivity contribution in [1.29, 1.82) is 0 Å². The van der Waals surface area contributed by atoms with Crippen molar-refractivity contribution in [3.05, 3.63) is 22.8 Å². The summed E-state index contributed by atoms with van der Waals surface area (Å²) in [6.07, 6.45) is 6.78. The molecule has 3 rings (SSSR count). The normalized spacial score (nSPS) is 20.5. The van der Waals surface area contributed by atoms with Crippen LogP contribution >= 0.6 is 11.6 Å². The summed E-state index contributed by atoms with van der Waals surface area (Å²) in [5, 5.41) is 13.8. The van der Waals surface area contributed by atoms with E-state index < -0.39 is 6.10 Å². The summed E-state index contributed by atoms with van der Waals surface area (Å²) in [6, 6.07) is 1.67. The number of hydrogen-bond donors (Lipinski definition) is 2. The molecule has 1 atom stereocenters. The van der Waals surface area contributed by atoms with Crippen molar-refractivity contribution in [2.45, 2.75) is 45.1 Å². The maximum Gasteiger partial charge on any atom is 0.255 e. The van der Waals surface area contributed by atoms with Crippen molar-refractivity contribution in [3.8, 4) is 0 Å². The number of hydrogen-bond acceptors (Lipinski definition) is 5. The van der Waals surface area contributed by atoms with Crippen LogP contribution in [-0.4, -0.2) is 71.2 Å². The van der Waals surface area contributed by atoms with E-state index in [-0.39, 0.29) is 5.91 Å². The molecule has 2 aliphatic heterocycles. The zero-order chi connectivity index (χ0) is 19.2. The first-order valence-corrected chi connectivity index (χ1v) is 10.5. The molecule has 6 nitrogen and oxygen atoms in total. The number of nitrogens with one attached hydrogen (secondary N) is 1. The summed E-state index contributed by atoms with van der Waals surface area (Å²) in [5.41, 5.74) is 0.524. The predicted molar refractivity (Wildman–Crippen MR) is 108 cm³/mol. The molecule has 2 saturated heterocycles. The van der Waals surface area contributed by atoms with Crippen LogP contribution in [0.1, 0.15) is 49.4 Å². The molecule has 0 spiro atoms. The van der Waals surface area contributed by atoms with E-state index in [0.717, 1.165) is 44.9 Å². The van der Waals surface area contributed by atoms with E-state index in [1.54, 1.807) is 12.3 Å². The lowest BCUT2D eigenvalue weighted by Crippen LogP contribution is -2.40. The van der Waals surface area contributed by atoms with E-state index in [0.29, 0.717) is 29.5 Å². The monoisotopic (exact) mass is 394 g/mol. The molecular formula is C20H31ClN4O2. The SMILES string of the molecule is CC1CCN(CC(O)CNc2ncc(C(=O)N3CCCCC3)cc2Cl)CC1. The van der Waals surface area contributed by atoms with Gasteiger partial charge in [-0.25, -0.2) is 4.98 Å². The van der Waals surface area contributed by atoms with Gasteiger partial charge < -0.3 is 20.2 Å². The predicted octanol–water partition coefficient (Wildman–Crippen LogP) is 2.87. The Kier molecular flexibility index (Phi) is 7.33. The number of piperidine rings is 2. The Morgan fingerprint density at radius 1 is 1.30 bits per heavy atom. The van der Waals surface area contributed by atoms with Crippen molar-refractivity contribution < 1.29 is 9.90 Å². The summed E-state index contributed by atoms with van der Waals surface area (Å²) in [7, 11) is 0. The van der Waals surface area contributed by atoms with Gasteiger partial charge in [0.1, 0.15) is 5.82 Å². The minimum Gasteiger partial charge on any atom is -0.390 e. The molecule has 1 amide bonds. The van der Waals surface area contributed by atoms with Crippen molar-refractivity contribution in [2.24, 2.45) is 5.92 Å². The molecule has 0 aliphatic carbocycles. The first-order chi connectivity index (χ1) is 13.0. The van der Waals surface area contributed by atoms with Crippen molar-refractivity contribution in [1.82, 2.24) is 14.8 Å². The van der Waals surface area contributed by atoms with Crippen LogP contribution in [0.25, 0.3) is 0 Å². The van der Waals surface area contributed by atoms with E-state index >= 15 is 0 Å². The molecule has 2 aliphatic rings. The first kappa shape index (κ1) is 20.4. The van der Waals surface area contributed by atoms with Gasteiger partial charge in [-0.1, -0.05) is 18.5 Å². The van der Waals surface area contributed by atoms with Gasteiger partial charge in [-0.05, 0) is 57.2 Å². The molecule has 1 aromatic heterocycles. The number of nitrogens with zero attached hydrogens (tertiary/aromatic N) is 3. The van der Waals surface area contributed by atoms with Crippen LogP contribution in [0.2, 0.25) is 5.02 Å². The van der Waals surface area contributed by atoms with Crippen molar-refractivity contribution in [2.75, 3.05) is 44.6 Å². The molecule has 150 valence electrons. The Labute approximate surface area is 166 Å². The summed E-state index contributed by atoms with van der Waals surface area (Å²) in [6.45, 7) is 7.02. The van der Waals surface area contributed by atoms with Gasteiger partial charge in [0.2, 0.25) is 0 Å². The van der Waals surface area contributed by atoms with Crippen LogP contribution in [0.15, 0.2) is 12.3 Å². The number of aromatic nitrogens is 1. The van der Waals surface area contributed by atoms with Crippen LogP contribution in [-0.2, 0) is 0 Å². The Morgan fingerprint density at radius 3 is 2.67 bits per heavy atom. The van der Waals surface area contributed by atoms with E-state index in [1.165, 1.54) is 19.3 Å². The number of aliphatic hydroxyl groups excluding tert-OH is 1. The van der Waals surface area contributed by atoms with Gasteiger partial charge in [0.05, 0.1) is 16.7 Å². The number of aliphatic hydroxyl groups is 1. The molecule has 1 aromatic rings. The largest absolute Gasteiger partial charge is 0.390 e. The fourth-order valence-electron chi connectivity index (χ4n) is 3.79. The highest BCUT2D eigenvalue weighted by molar-refractivity contribution is 6.33. The third-order valence-corrected chi connectivity index (χ3v) is 5.87. The number of carbonyl (C=O) groups excluding carboxylic acids is 1. The number of carbonyl (C=O) groups is 1. The lowest BCUT2D eigenvalue weighted by molar-refractivity contribution is 0.0724. The number of β-amino-alcohol motifs (C(OH)–C–C–N with tert-alkyl or cyclic N) is 1. The fourth-order valence-corrected chi connectivity index (χ4v) is 4.02. The molecular weight excluding hydrogens is 364 g/mol. The van der Waals surface area contributed by atoms with Crippen LogP contribution < -0.4 is 5.32 Å². The summed E-state index contributed by atoms with van der Waals surface area (Å²) < 4.78 is 0. The number of halogens is 1. The summed E-state index contributed by atoms with van der Waals surface area (Å²) >= 11 is 6.32. The molecule has 1 unspecified atom stereocenters. The zero-order valence-electron chi connectivity index (χ0n) is 16.2. The third-order valence-electron chi connectivity index (χ3n) is 5.58. The van der Waals surface area contributed by atoms with Gasteiger partial charge in [0.15, 0.2) is 0 Å². The van der Waals surface area contributed by atoms with E-state index in [4.69, 9.17) is 11.6 Å². The number of pyridine rings is 1. The molecule has 27 heavy (non-hydrogen) atoms. The van der Waals surface area contributed by atoms with E-state index in [1.807, 2.05) is 4.90 Å². The van der Waals surface area contributed by atoms with Gasteiger partial charge in [-0.3, -0.25) is 4.79 Å². The highest BCUT2D eigenvalue weighted by Gasteiger charge is 2.21. The lowest BCUT2D eigenvalue weighted by atomic mass is 9.99. The third kappa shape index (κ3) is 5.80. The van der Waals surface area contributed by atoms with Crippen molar-refractivity contribution >= 4 is 23.3 Å². The average Bonchev–Trinajstić information content (AvgIpc) is 2.69. The van der Waals surface area contributed by atoms with Gasteiger partial charge >= 0.3 is 0 Å². The molecule has 0 aromatic carbocycles. The Hall–Kier alpha value is -1.37. The highest BCUT2D eigenvalue weighted by atomic mass is 35.5. The van der Waals surface area contributed by atoms with Gasteiger partial charge in [0.25, 0.3) is 5.91 Å². The summed E-state index contributed by atoms with van der Waals surface area (Å²) in [5.74, 6) is 1.29. The zero-order valence-corrected chi connectivity index (χ0v) is 16.9. The smallest absolute Gasteiger partial charge is 0.255 e. The second kappa shape index (κ2) is 9.71. The minimum atomic E-state index is -0.481. The topological polar surface area (TPSA) is 68.7 Å². The molecule has 3 heterocycles. The van der Waals surface area contributed by atoms with E-state index in [9.17, 15) is 9.90 Å². The lowest BCUT2D eigenvalue weighted by Gasteiger charge is -2.31. The number of rotatable bonds is 6. The van der Waals surface area contributed by atoms with Crippen LogP contribution in [0.3, 0.4) is 0 Å². The minimum absolute atomic E-state index is 0.00462. The number of amides is 1. The maximum absolute atomic E-state index is 12.5. The maximum atomic E-state index is 12.5. The fraction of sp³-hybridized carbons (Fsp3) is 0.700. The van der Waals surface area contributed by atoms with Crippen molar-refractivity contribution in [3.63, 3.8) is 0 Å². The molecule has 0 bridgehead atoms. The number of likely N-dealkylation sites (tertiary alicyclic amines) is 2. The first-order valence-electron chi connectivity index (χ1n) is 10.1. The molecule has 0 radical (unpaired) electrons. The molecule has 2 N–H and O–H groups in total. The molecule has 0 saturated carbocycles. The van der Waals surface area contributed by atoms with Gasteiger partial charge in [-0.2, -0.15) is 0 Å². The number of anilines is 1. The van der Waals surface area contributed by atoms with Gasteiger partial charge in [-0.15, -0.1) is 0 Å². The quantitative estimate of drug-likeness (QED) is 0.776. The Bertz CT molecular complexity index is 628. The Morgan fingerprint density at radius 2 is 2.00 bits per heavy atom. The standard InChI is InChI=1S/C20H31ClN4O2/c1-15-5-9-24(10-6-15)14-17(26)13-23-19-18(21)11-16(12-22-19)20(27)25-7-3-2-4-8-25/h11-12,15,17,26H,2-10,13-14H2,1H3,(H,22,23). The highest BCUT2D eigenvalue weighted by Crippen LogP contribution is 2.22. The molecule has 7 heteroatoms. The average molecular weight is 395 g/mol. The second-order valence-electron chi connectivity index (χ2n) is 7.93. The van der Waals surface area contributed by atoms with Crippen LogP contribution in [0.5, 0.6) is 0 Å². The second-order valence-corrected chi connectivity index (χ2v) is 8.33. The molecule has 2 fully saturated rings. The Balaban J connectivity index is 1.49. The van der Waals surface area contributed by atoms with Crippen LogP contribution in [0, 0.1) is 5.92 Å². The van der Waals surface area contributed by atoms with E-state index in [2.05, 4.69) is 22.1 Å². The summed E-state index contributed by atoms with van der Waals surface area (Å²) in [4.78, 5) is 21.0. The van der Waals surface area contributed by atoms with Crippen LogP contribution in [0.4, 0.5) is 5.82 Å². The van der Waals surface area contributed by atoms with Gasteiger partial charge in [0, 0.05) is 32.4 Å².